The second-order valence-corrected chi connectivity index (χ2v) is 4.78. The Morgan fingerprint density at radius 3 is 2.65 bits per heavy atom. The standard InChI is InChI=1S/C14H16N2O/c1-3-11-9(2)12(11)14-15-13(16-17-14)10-7-5-4-6-8-10/h4-9,11-12H,3H2,1-2H3. The summed E-state index contributed by atoms with van der Waals surface area (Å²) in [6, 6.07) is 9.96. The number of nitrogens with zero attached hydrogens (tertiary/aromatic N) is 2. The summed E-state index contributed by atoms with van der Waals surface area (Å²) in [5.74, 6) is 3.39. The minimum absolute atomic E-state index is 0.477. The Labute approximate surface area is 101 Å². The quantitative estimate of drug-likeness (QED) is 0.807. The molecule has 3 heteroatoms. The maximum Gasteiger partial charge on any atom is 0.230 e. The second kappa shape index (κ2) is 3.99. The molecule has 1 aromatic heterocycles. The van der Waals surface area contributed by atoms with Crippen molar-refractivity contribution in [2.75, 3.05) is 0 Å². The molecular weight excluding hydrogens is 212 g/mol. The first-order valence-electron chi connectivity index (χ1n) is 6.20. The Balaban J connectivity index is 1.85. The zero-order valence-corrected chi connectivity index (χ0v) is 10.1. The molecule has 0 amide bonds. The Bertz CT molecular complexity index is 506. The van der Waals surface area contributed by atoms with Gasteiger partial charge < -0.3 is 4.52 Å². The van der Waals surface area contributed by atoms with E-state index >= 15 is 0 Å². The number of rotatable bonds is 3. The fourth-order valence-electron chi connectivity index (χ4n) is 2.65. The smallest absolute Gasteiger partial charge is 0.230 e. The van der Waals surface area contributed by atoms with Crippen molar-refractivity contribution in [2.45, 2.75) is 26.2 Å². The van der Waals surface area contributed by atoms with Gasteiger partial charge >= 0.3 is 0 Å². The maximum absolute atomic E-state index is 5.38. The van der Waals surface area contributed by atoms with Crippen LogP contribution in [-0.4, -0.2) is 10.1 Å². The summed E-state index contributed by atoms with van der Waals surface area (Å²) in [7, 11) is 0. The summed E-state index contributed by atoms with van der Waals surface area (Å²) in [6.07, 6.45) is 1.19. The number of aromatic nitrogens is 2. The van der Waals surface area contributed by atoms with Gasteiger partial charge in [0.25, 0.3) is 0 Å². The first-order chi connectivity index (χ1) is 8.31. The highest BCUT2D eigenvalue weighted by molar-refractivity contribution is 5.53. The van der Waals surface area contributed by atoms with Crippen molar-refractivity contribution in [1.29, 1.82) is 0 Å². The Morgan fingerprint density at radius 1 is 1.24 bits per heavy atom. The lowest BCUT2D eigenvalue weighted by molar-refractivity contribution is 0.373. The summed E-state index contributed by atoms with van der Waals surface area (Å²) in [4.78, 5) is 4.51. The van der Waals surface area contributed by atoms with Gasteiger partial charge in [-0.1, -0.05) is 55.8 Å². The molecule has 88 valence electrons. The van der Waals surface area contributed by atoms with Crippen molar-refractivity contribution in [2.24, 2.45) is 11.8 Å². The van der Waals surface area contributed by atoms with Gasteiger partial charge in [-0.3, -0.25) is 0 Å². The van der Waals surface area contributed by atoms with Crippen molar-refractivity contribution >= 4 is 0 Å². The second-order valence-electron chi connectivity index (χ2n) is 4.78. The van der Waals surface area contributed by atoms with Crippen LogP contribution in [0.25, 0.3) is 11.4 Å². The molecule has 1 saturated carbocycles. The molecule has 0 saturated heterocycles. The summed E-state index contributed by atoms with van der Waals surface area (Å²) in [6.45, 7) is 4.47. The highest BCUT2D eigenvalue weighted by Crippen LogP contribution is 2.54. The van der Waals surface area contributed by atoms with E-state index in [0.29, 0.717) is 17.7 Å². The van der Waals surface area contributed by atoms with E-state index in [0.717, 1.165) is 17.4 Å². The fraction of sp³-hybridized carbons (Fsp3) is 0.429. The Hall–Kier alpha value is -1.64. The molecule has 0 aliphatic heterocycles. The summed E-state index contributed by atoms with van der Waals surface area (Å²) >= 11 is 0. The zero-order valence-electron chi connectivity index (χ0n) is 10.1. The lowest BCUT2D eigenvalue weighted by Crippen LogP contribution is -1.84. The van der Waals surface area contributed by atoms with Crippen molar-refractivity contribution in [1.82, 2.24) is 10.1 Å². The topological polar surface area (TPSA) is 38.9 Å². The molecule has 1 heterocycles. The third-order valence-corrected chi connectivity index (χ3v) is 3.79. The van der Waals surface area contributed by atoms with Crippen LogP contribution >= 0.6 is 0 Å². The lowest BCUT2D eigenvalue weighted by atomic mass is 10.2. The van der Waals surface area contributed by atoms with Gasteiger partial charge in [0.15, 0.2) is 0 Å². The molecule has 3 nitrogen and oxygen atoms in total. The average Bonchev–Trinajstić information content (AvgIpc) is 2.82. The average molecular weight is 228 g/mol. The van der Waals surface area contributed by atoms with Crippen molar-refractivity contribution in [3.8, 4) is 11.4 Å². The van der Waals surface area contributed by atoms with E-state index in [-0.39, 0.29) is 0 Å². The van der Waals surface area contributed by atoms with Crippen LogP contribution in [-0.2, 0) is 0 Å². The molecule has 3 atom stereocenters. The van der Waals surface area contributed by atoms with Crippen LogP contribution in [0.3, 0.4) is 0 Å². The summed E-state index contributed by atoms with van der Waals surface area (Å²) < 4.78 is 5.38. The van der Waals surface area contributed by atoms with E-state index in [1.165, 1.54) is 6.42 Å². The van der Waals surface area contributed by atoms with Gasteiger partial charge in [0.05, 0.1) is 0 Å². The van der Waals surface area contributed by atoms with Crippen molar-refractivity contribution in [3.63, 3.8) is 0 Å². The molecule has 1 aliphatic carbocycles. The molecule has 0 spiro atoms. The van der Waals surface area contributed by atoms with Gasteiger partial charge in [-0.05, 0) is 11.8 Å². The molecule has 3 unspecified atom stereocenters. The Kier molecular flexibility index (Phi) is 2.46. The molecule has 3 rings (SSSR count). The predicted octanol–water partition coefficient (Wildman–Crippen LogP) is 3.50. The van der Waals surface area contributed by atoms with Crippen LogP contribution in [0.4, 0.5) is 0 Å². The molecule has 0 bridgehead atoms. The van der Waals surface area contributed by atoms with Crippen LogP contribution < -0.4 is 0 Å². The maximum atomic E-state index is 5.38. The van der Waals surface area contributed by atoms with E-state index in [4.69, 9.17) is 4.52 Å². The summed E-state index contributed by atoms with van der Waals surface area (Å²) in [5, 5.41) is 4.06. The van der Waals surface area contributed by atoms with E-state index in [2.05, 4.69) is 24.0 Å². The minimum atomic E-state index is 0.477. The predicted molar refractivity (Wildman–Crippen MR) is 65.4 cm³/mol. The molecule has 17 heavy (non-hydrogen) atoms. The van der Waals surface area contributed by atoms with Crippen LogP contribution in [0.5, 0.6) is 0 Å². The van der Waals surface area contributed by atoms with Crippen LogP contribution in [0.15, 0.2) is 34.9 Å². The first-order valence-corrected chi connectivity index (χ1v) is 6.20. The van der Waals surface area contributed by atoms with Crippen LogP contribution in [0.2, 0.25) is 0 Å². The van der Waals surface area contributed by atoms with Crippen LogP contribution in [0, 0.1) is 11.8 Å². The van der Waals surface area contributed by atoms with Crippen molar-refractivity contribution in [3.05, 3.63) is 36.2 Å². The third kappa shape index (κ3) is 1.75. The van der Waals surface area contributed by atoms with E-state index in [9.17, 15) is 0 Å². The fourth-order valence-corrected chi connectivity index (χ4v) is 2.65. The molecule has 1 fully saturated rings. The SMILES string of the molecule is CCC1C(C)C1c1nc(-c2ccccc2)no1. The third-order valence-electron chi connectivity index (χ3n) is 3.79. The van der Waals surface area contributed by atoms with Gasteiger partial charge in [0.1, 0.15) is 0 Å². The van der Waals surface area contributed by atoms with Gasteiger partial charge in [-0.25, -0.2) is 0 Å². The number of benzene rings is 1. The molecular formula is C14H16N2O. The molecule has 2 aromatic rings. The van der Waals surface area contributed by atoms with E-state index in [1.807, 2.05) is 30.3 Å². The van der Waals surface area contributed by atoms with Crippen molar-refractivity contribution < 1.29 is 4.52 Å². The molecule has 1 aromatic carbocycles. The van der Waals surface area contributed by atoms with Gasteiger partial charge in [0.2, 0.25) is 11.7 Å². The largest absolute Gasteiger partial charge is 0.339 e. The van der Waals surface area contributed by atoms with Gasteiger partial charge in [0, 0.05) is 11.5 Å². The van der Waals surface area contributed by atoms with E-state index in [1.54, 1.807) is 0 Å². The minimum Gasteiger partial charge on any atom is -0.339 e. The lowest BCUT2D eigenvalue weighted by Gasteiger charge is -1.90. The normalized spacial score (nSPS) is 27.1. The number of hydrogen-bond acceptors (Lipinski definition) is 3. The highest BCUT2D eigenvalue weighted by Gasteiger charge is 2.49. The van der Waals surface area contributed by atoms with Gasteiger partial charge in [-0.15, -0.1) is 0 Å². The monoisotopic (exact) mass is 228 g/mol. The molecule has 0 N–H and O–H groups in total. The zero-order chi connectivity index (χ0) is 11.8. The molecule has 1 aliphatic rings. The Morgan fingerprint density at radius 2 is 2.00 bits per heavy atom. The molecule has 0 radical (unpaired) electrons. The van der Waals surface area contributed by atoms with Gasteiger partial charge in [-0.2, -0.15) is 4.98 Å². The number of hydrogen-bond donors (Lipinski definition) is 0. The summed E-state index contributed by atoms with van der Waals surface area (Å²) in [5.41, 5.74) is 1.02. The first kappa shape index (κ1) is 10.5. The van der Waals surface area contributed by atoms with E-state index < -0.39 is 0 Å². The highest BCUT2D eigenvalue weighted by atomic mass is 16.5. The van der Waals surface area contributed by atoms with Crippen LogP contribution in [0.1, 0.15) is 32.1 Å².